The van der Waals surface area contributed by atoms with E-state index in [0.29, 0.717) is 0 Å². The van der Waals surface area contributed by atoms with Gasteiger partial charge in [0.15, 0.2) is 0 Å². The van der Waals surface area contributed by atoms with Gasteiger partial charge in [-0.05, 0) is 61.4 Å². The fraction of sp³-hybridized carbons (Fsp3) is 0.318. The molecule has 2 aromatic heterocycles. The molecule has 0 N–H and O–H groups in total. The number of aryl methyl sites for hydroxylation is 1. The fourth-order valence-electron chi connectivity index (χ4n) is 3.86. The van der Waals surface area contributed by atoms with Crippen LogP contribution in [0.3, 0.4) is 0 Å². The van der Waals surface area contributed by atoms with E-state index in [1.54, 1.807) is 0 Å². The second-order valence-electron chi connectivity index (χ2n) is 6.98. The number of hydrogen-bond acceptors (Lipinski definition) is 2. The minimum absolute atomic E-state index is 1.06. The molecule has 1 aromatic carbocycles. The first-order chi connectivity index (χ1) is 12.2. The van der Waals surface area contributed by atoms with Crippen molar-refractivity contribution < 1.29 is 0 Å². The normalized spacial score (nSPS) is 15.6. The van der Waals surface area contributed by atoms with Gasteiger partial charge in [-0.15, -0.1) is 0 Å². The molecule has 0 unspecified atom stereocenters. The van der Waals surface area contributed by atoms with Gasteiger partial charge in [0.1, 0.15) is 0 Å². The van der Waals surface area contributed by atoms with E-state index in [0.717, 1.165) is 26.1 Å². The number of hydrogen-bond donors (Lipinski definition) is 0. The second-order valence-corrected chi connectivity index (χ2v) is 6.98. The Morgan fingerprint density at radius 2 is 2.00 bits per heavy atom. The van der Waals surface area contributed by atoms with Crippen LogP contribution >= 0.6 is 0 Å². The van der Waals surface area contributed by atoms with Gasteiger partial charge < -0.3 is 4.57 Å². The number of rotatable bonds is 3. The molecule has 1 aliphatic rings. The van der Waals surface area contributed by atoms with Gasteiger partial charge in [-0.25, -0.2) is 0 Å². The van der Waals surface area contributed by atoms with Gasteiger partial charge in [0.2, 0.25) is 0 Å². The zero-order valence-corrected chi connectivity index (χ0v) is 15.3. The van der Waals surface area contributed by atoms with Crippen LogP contribution in [-0.2, 0) is 13.0 Å². The number of pyridine rings is 1. The molecule has 3 nitrogen and oxygen atoms in total. The first-order valence-electron chi connectivity index (χ1n) is 9.11. The number of nitrogens with zero attached hydrogens (tertiary/aromatic N) is 3. The lowest BCUT2D eigenvalue weighted by Gasteiger charge is -2.26. The molecule has 1 aliphatic heterocycles. The molecule has 0 radical (unpaired) electrons. The highest BCUT2D eigenvalue weighted by atomic mass is 15.1. The van der Waals surface area contributed by atoms with E-state index in [1.807, 2.05) is 12.4 Å². The fourth-order valence-corrected chi connectivity index (χ4v) is 3.86. The molecule has 0 fully saturated rings. The summed E-state index contributed by atoms with van der Waals surface area (Å²) >= 11 is 0. The van der Waals surface area contributed by atoms with E-state index in [4.69, 9.17) is 0 Å². The van der Waals surface area contributed by atoms with Gasteiger partial charge in [0, 0.05) is 49.2 Å². The molecule has 3 heteroatoms. The van der Waals surface area contributed by atoms with Crippen LogP contribution in [0.4, 0.5) is 0 Å². The highest BCUT2D eigenvalue weighted by molar-refractivity contribution is 5.90. The van der Waals surface area contributed by atoms with Gasteiger partial charge in [-0.3, -0.25) is 9.88 Å². The number of fused-ring (bicyclic) bond motifs is 3. The van der Waals surface area contributed by atoms with Crippen LogP contribution in [0.5, 0.6) is 0 Å². The Balaban J connectivity index is 1.90. The molecular weight excluding hydrogens is 306 g/mol. The summed E-state index contributed by atoms with van der Waals surface area (Å²) in [7, 11) is 0. The number of allylic oxidation sites excluding steroid dienone is 1. The lowest BCUT2D eigenvalue weighted by molar-refractivity contribution is 0.267. The summed E-state index contributed by atoms with van der Waals surface area (Å²) in [5.74, 6) is 0. The predicted molar refractivity (Wildman–Crippen MR) is 105 cm³/mol. The molecule has 3 aromatic rings. The van der Waals surface area contributed by atoms with Gasteiger partial charge in [-0.2, -0.15) is 0 Å². The largest absolute Gasteiger partial charge is 0.320 e. The summed E-state index contributed by atoms with van der Waals surface area (Å²) in [5, 5.41) is 1.41. The summed E-state index contributed by atoms with van der Waals surface area (Å²) in [5.41, 5.74) is 8.12. The van der Waals surface area contributed by atoms with Crippen molar-refractivity contribution in [1.29, 1.82) is 0 Å². The van der Waals surface area contributed by atoms with Crippen LogP contribution in [0.2, 0.25) is 0 Å². The summed E-state index contributed by atoms with van der Waals surface area (Å²) in [6, 6.07) is 11.0. The predicted octanol–water partition coefficient (Wildman–Crippen LogP) is 4.74. The molecule has 128 valence electrons. The Morgan fingerprint density at radius 3 is 2.76 bits per heavy atom. The van der Waals surface area contributed by atoms with E-state index in [1.165, 1.54) is 38.9 Å². The summed E-state index contributed by atoms with van der Waals surface area (Å²) in [6.45, 7) is 9.93. The maximum atomic E-state index is 4.13. The second kappa shape index (κ2) is 6.49. The van der Waals surface area contributed by atoms with E-state index in [2.05, 4.69) is 71.8 Å². The average molecular weight is 331 g/mol. The van der Waals surface area contributed by atoms with Gasteiger partial charge in [0.05, 0.1) is 5.52 Å². The quantitative estimate of drug-likeness (QED) is 0.691. The molecule has 0 spiro atoms. The maximum absolute atomic E-state index is 4.13. The smallest absolute Gasteiger partial charge is 0.0529 e. The van der Waals surface area contributed by atoms with E-state index >= 15 is 0 Å². The van der Waals surface area contributed by atoms with Crippen molar-refractivity contribution in [3.63, 3.8) is 0 Å². The molecule has 25 heavy (non-hydrogen) atoms. The van der Waals surface area contributed by atoms with Crippen LogP contribution in [0.15, 0.2) is 42.7 Å². The first-order valence-corrected chi connectivity index (χ1v) is 9.11. The molecule has 4 rings (SSSR count). The first kappa shape index (κ1) is 16.1. The Kier molecular flexibility index (Phi) is 4.18. The third-order valence-corrected chi connectivity index (χ3v) is 5.33. The Hall–Kier alpha value is -2.39. The highest BCUT2D eigenvalue weighted by Gasteiger charge is 2.22. The summed E-state index contributed by atoms with van der Waals surface area (Å²) < 4.78 is 2.42. The third-order valence-electron chi connectivity index (χ3n) is 5.33. The molecule has 0 bridgehead atoms. The SMILES string of the molecule is CCN1CCc2c(c3cc(C)ccc3n2/C=C(\C)c2ccncc2)C1. The van der Waals surface area contributed by atoms with E-state index in [9.17, 15) is 0 Å². The molecular formula is C22H25N3. The molecule has 0 atom stereocenters. The molecule has 0 amide bonds. The Labute approximate surface area is 149 Å². The molecule has 0 saturated heterocycles. The number of aromatic nitrogens is 2. The van der Waals surface area contributed by atoms with Crippen molar-refractivity contribution in [2.75, 3.05) is 13.1 Å². The van der Waals surface area contributed by atoms with Crippen molar-refractivity contribution in [2.24, 2.45) is 0 Å². The van der Waals surface area contributed by atoms with Crippen LogP contribution in [0.25, 0.3) is 22.7 Å². The standard InChI is InChI=1S/C22H25N3/c1-4-24-12-9-22-20(15-24)19-13-16(2)5-6-21(19)25(22)14-17(3)18-7-10-23-11-8-18/h5-8,10-11,13-14H,4,9,12,15H2,1-3H3/b17-14+. The number of likely N-dealkylation sites (N-methyl/N-ethyl adjacent to an activating group) is 1. The minimum Gasteiger partial charge on any atom is -0.320 e. The van der Waals surface area contributed by atoms with Crippen molar-refractivity contribution in [1.82, 2.24) is 14.5 Å². The van der Waals surface area contributed by atoms with Crippen LogP contribution < -0.4 is 0 Å². The van der Waals surface area contributed by atoms with Gasteiger partial charge in [-0.1, -0.05) is 18.6 Å². The van der Waals surface area contributed by atoms with Crippen LogP contribution in [0, 0.1) is 6.92 Å². The van der Waals surface area contributed by atoms with Crippen molar-refractivity contribution in [3.05, 3.63) is 65.1 Å². The monoisotopic (exact) mass is 331 g/mol. The topological polar surface area (TPSA) is 21.1 Å². The Bertz CT molecular complexity index is 935. The molecule has 0 aliphatic carbocycles. The third kappa shape index (κ3) is 2.89. The highest BCUT2D eigenvalue weighted by Crippen LogP contribution is 2.33. The number of benzene rings is 1. The van der Waals surface area contributed by atoms with Gasteiger partial charge in [0.25, 0.3) is 0 Å². The van der Waals surface area contributed by atoms with Gasteiger partial charge >= 0.3 is 0 Å². The van der Waals surface area contributed by atoms with Crippen molar-refractivity contribution in [2.45, 2.75) is 33.7 Å². The summed E-state index contributed by atoms with van der Waals surface area (Å²) in [4.78, 5) is 6.67. The maximum Gasteiger partial charge on any atom is 0.0529 e. The molecule has 0 saturated carbocycles. The zero-order chi connectivity index (χ0) is 17.4. The minimum atomic E-state index is 1.06. The van der Waals surface area contributed by atoms with Crippen LogP contribution in [0.1, 0.15) is 36.2 Å². The molecule has 3 heterocycles. The Morgan fingerprint density at radius 1 is 1.20 bits per heavy atom. The average Bonchev–Trinajstić information content (AvgIpc) is 2.95. The lowest BCUT2D eigenvalue weighted by atomic mass is 10.0. The lowest BCUT2D eigenvalue weighted by Crippen LogP contribution is -2.30. The van der Waals surface area contributed by atoms with E-state index < -0.39 is 0 Å². The van der Waals surface area contributed by atoms with Crippen LogP contribution in [-0.4, -0.2) is 27.5 Å². The van der Waals surface area contributed by atoms with E-state index in [-0.39, 0.29) is 0 Å². The van der Waals surface area contributed by atoms with Crippen molar-refractivity contribution in [3.8, 4) is 0 Å². The van der Waals surface area contributed by atoms with Crippen molar-refractivity contribution >= 4 is 22.7 Å². The summed E-state index contributed by atoms with van der Waals surface area (Å²) in [6.07, 6.45) is 7.13. The zero-order valence-electron chi connectivity index (χ0n) is 15.3.